The molecule has 0 unspecified atom stereocenters. The van der Waals surface area contributed by atoms with E-state index in [4.69, 9.17) is 0 Å². The number of anilines is 1. The molecule has 4 heterocycles. The Morgan fingerprint density at radius 1 is 1.30 bits per heavy atom. The van der Waals surface area contributed by atoms with Crippen LogP contribution < -0.4 is 10.2 Å². The second-order valence-corrected chi connectivity index (χ2v) is 7.31. The number of nitrogens with one attached hydrogen (secondary N) is 1. The first-order valence-electron chi connectivity index (χ1n) is 9.55. The van der Waals surface area contributed by atoms with Gasteiger partial charge in [0, 0.05) is 25.4 Å². The highest BCUT2D eigenvalue weighted by Crippen LogP contribution is 2.31. The first-order valence-corrected chi connectivity index (χ1v) is 9.55. The number of nitrogens with zero attached hydrogens (tertiary/aromatic N) is 5. The summed E-state index contributed by atoms with van der Waals surface area (Å²) in [6.07, 6.45) is 2.01. The zero-order chi connectivity index (χ0) is 20.8. The summed E-state index contributed by atoms with van der Waals surface area (Å²) in [5.74, 6) is -0.153. The lowest BCUT2D eigenvalue weighted by atomic mass is 10.0. The molecule has 1 saturated heterocycles. The summed E-state index contributed by atoms with van der Waals surface area (Å²) >= 11 is 0. The van der Waals surface area contributed by atoms with E-state index in [-0.39, 0.29) is 35.4 Å². The molecule has 0 spiro atoms. The number of carbonyl (C=O) groups is 1. The molecule has 150 valence electrons. The molecule has 2 aliphatic heterocycles. The van der Waals surface area contributed by atoms with Crippen LogP contribution in [0.3, 0.4) is 0 Å². The van der Waals surface area contributed by atoms with Gasteiger partial charge in [0.1, 0.15) is 5.82 Å². The first-order chi connectivity index (χ1) is 14.5. The highest BCUT2D eigenvalue weighted by atomic mass is 19.1. The van der Waals surface area contributed by atoms with Gasteiger partial charge in [-0.2, -0.15) is 10.4 Å². The molecule has 1 aromatic carbocycles. The van der Waals surface area contributed by atoms with Crippen LogP contribution in [0.15, 0.2) is 36.5 Å². The Hall–Kier alpha value is -3.77. The standard InChI is InChI=1S/C21H17FN6O2/c22-14-3-1-2-12(9-23)19(14)15-8-17(20-16(25-15)10-24-21(20)30)28-7-5-18(26-28)27-6-4-13(29)11-27/h1-3,5,7-8,13,29H,4,6,10-11H2,(H,24,30)/t13-/m0/s1. The van der Waals surface area contributed by atoms with Gasteiger partial charge in [-0.25, -0.2) is 14.1 Å². The number of carbonyl (C=O) groups excluding carboxylic acids is 1. The maximum atomic E-state index is 14.6. The molecule has 0 radical (unpaired) electrons. The van der Waals surface area contributed by atoms with E-state index in [0.717, 1.165) is 0 Å². The fourth-order valence-corrected chi connectivity index (χ4v) is 3.96. The van der Waals surface area contributed by atoms with Crippen LogP contribution >= 0.6 is 0 Å². The summed E-state index contributed by atoms with van der Waals surface area (Å²) < 4.78 is 16.2. The van der Waals surface area contributed by atoms with E-state index in [0.29, 0.717) is 42.3 Å². The zero-order valence-corrected chi connectivity index (χ0v) is 15.8. The number of fused-ring (bicyclic) bond motifs is 1. The predicted molar refractivity (Wildman–Crippen MR) is 105 cm³/mol. The third-order valence-electron chi connectivity index (χ3n) is 5.42. The van der Waals surface area contributed by atoms with Gasteiger partial charge >= 0.3 is 0 Å². The highest BCUT2D eigenvalue weighted by Gasteiger charge is 2.29. The van der Waals surface area contributed by atoms with Crippen LogP contribution in [-0.4, -0.2) is 45.0 Å². The number of pyridine rings is 1. The van der Waals surface area contributed by atoms with Crippen LogP contribution in [0.2, 0.25) is 0 Å². The lowest BCUT2D eigenvalue weighted by Gasteiger charge is -2.14. The molecule has 3 aromatic rings. The second-order valence-electron chi connectivity index (χ2n) is 7.31. The number of aromatic nitrogens is 3. The Kier molecular flexibility index (Phi) is 4.22. The van der Waals surface area contributed by atoms with E-state index in [9.17, 15) is 19.6 Å². The van der Waals surface area contributed by atoms with Crippen molar-refractivity contribution in [3.63, 3.8) is 0 Å². The fourth-order valence-electron chi connectivity index (χ4n) is 3.96. The summed E-state index contributed by atoms with van der Waals surface area (Å²) in [6, 6.07) is 9.67. The first kappa shape index (κ1) is 18.3. The third-order valence-corrected chi connectivity index (χ3v) is 5.42. The Balaban J connectivity index is 1.66. The van der Waals surface area contributed by atoms with Crippen molar-refractivity contribution >= 4 is 11.7 Å². The molecule has 1 amide bonds. The summed E-state index contributed by atoms with van der Waals surface area (Å²) in [6.45, 7) is 1.41. The van der Waals surface area contributed by atoms with Crippen LogP contribution in [0.4, 0.5) is 10.2 Å². The summed E-state index contributed by atoms with van der Waals surface area (Å²) in [5, 5.41) is 26.5. The van der Waals surface area contributed by atoms with Gasteiger partial charge in [-0.15, -0.1) is 0 Å². The Bertz CT molecular complexity index is 1210. The molecule has 0 aliphatic carbocycles. The van der Waals surface area contributed by atoms with Gasteiger partial charge in [-0.1, -0.05) is 6.07 Å². The molecule has 0 saturated carbocycles. The molecule has 2 N–H and O–H groups in total. The minimum Gasteiger partial charge on any atom is -0.391 e. The maximum absolute atomic E-state index is 14.6. The average molecular weight is 404 g/mol. The Morgan fingerprint density at radius 3 is 2.93 bits per heavy atom. The van der Waals surface area contributed by atoms with Crippen molar-refractivity contribution in [2.45, 2.75) is 19.1 Å². The largest absolute Gasteiger partial charge is 0.391 e. The lowest BCUT2D eigenvalue weighted by Crippen LogP contribution is -2.21. The second kappa shape index (κ2) is 6.93. The van der Waals surface area contributed by atoms with Crippen molar-refractivity contribution in [1.29, 1.82) is 5.26 Å². The van der Waals surface area contributed by atoms with Crippen molar-refractivity contribution in [1.82, 2.24) is 20.1 Å². The minimum atomic E-state index is -0.558. The van der Waals surface area contributed by atoms with Crippen LogP contribution in [0, 0.1) is 17.1 Å². The molecule has 8 nitrogen and oxygen atoms in total. The van der Waals surface area contributed by atoms with E-state index < -0.39 is 5.82 Å². The number of aliphatic hydroxyl groups excluding tert-OH is 1. The maximum Gasteiger partial charge on any atom is 0.255 e. The van der Waals surface area contributed by atoms with Crippen molar-refractivity contribution in [2.24, 2.45) is 0 Å². The minimum absolute atomic E-state index is 0.0958. The molecular weight excluding hydrogens is 387 g/mol. The molecular formula is C21H17FN6O2. The molecule has 0 bridgehead atoms. The van der Waals surface area contributed by atoms with E-state index in [1.54, 1.807) is 23.0 Å². The van der Waals surface area contributed by atoms with Crippen LogP contribution in [0.1, 0.15) is 28.0 Å². The molecule has 1 fully saturated rings. The number of hydrogen-bond donors (Lipinski definition) is 2. The number of rotatable bonds is 3. The monoisotopic (exact) mass is 404 g/mol. The number of β-amino-alcohol motifs (C(OH)–C–C–N with tert-alkyl or cyclic N) is 1. The third kappa shape index (κ3) is 2.89. The number of hydrogen-bond acceptors (Lipinski definition) is 6. The molecule has 30 heavy (non-hydrogen) atoms. The van der Waals surface area contributed by atoms with Crippen molar-refractivity contribution in [3.05, 3.63) is 59.2 Å². The molecule has 2 aliphatic rings. The number of benzene rings is 1. The summed E-state index contributed by atoms with van der Waals surface area (Å²) in [7, 11) is 0. The SMILES string of the molecule is N#Cc1cccc(F)c1-c1cc(-n2ccc(N3CC[C@H](O)C3)n2)c2c(n1)CNC2=O. The average Bonchev–Trinajstić information content (AvgIpc) is 3.47. The van der Waals surface area contributed by atoms with Crippen molar-refractivity contribution < 1.29 is 14.3 Å². The fraction of sp³-hybridized carbons (Fsp3) is 0.238. The van der Waals surface area contributed by atoms with Gasteiger partial charge in [-0.05, 0) is 24.6 Å². The number of amides is 1. The van der Waals surface area contributed by atoms with Crippen LogP contribution in [-0.2, 0) is 6.54 Å². The van der Waals surface area contributed by atoms with E-state index in [1.165, 1.54) is 18.2 Å². The lowest BCUT2D eigenvalue weighted by molar-refractivity contribution is 0.0965. The summed E-state index contributed by atoms with van der Waals surface area (Å²) in [4.78, 5) is 18.9. The molecule has 2 aromatic heterocycles. The van der Waals surface area contributed by atoms with Crippen LogP contribution in [0.25, 0.3) is 16.9 Å². The predicted octanol–water partition coefficient (Wildman–Crippen LogP) is 1.76. The van der Waals surface area contributed by atoms with Gasteiger partial charge in [0.05, 0.1) is 52.5 Å². The molecule has 5 rings (SSSR count). The van der Waals surface area contributed by atoms with E-state index in [1.807, 2.05) is 11.0 Å². The van der Waals surface area contributed by atoms with Gasteiger partial charge in [0.15, 0.2) is 5.82 Å². The van der Waals surface area contributed by atoms with Crippen LogP contribution in [0.5, 0.6) is 0 Å². The normalized spacial score (nSPS) is 17.7. The van der Waals surface area contributed by atoms with Gasteiger partial charge in [0.25, 0.3) is 5.91 Å². The summed E-state index contributed by atoms with van der Waals surface area (Å²) in [5.41, 5.74) is 1.85. The zero-order valence-electron chi connectivity index (χ0n) is 15.8. The van der Waals surface area contributed by atoms with Gasteiger partial charge < -0.3 is 15.3 Å². The molecule has 9 heteroatoms. The topological polar surface area (TPSA) is 107 Å². The Morgan fingerprint density at radius 2 is 2.17 bits per heavy atom. The van der Waals surface area contributed by atoms with Gasteiger partial charge in [0.2, 0.25) is 0 Å². The molecule has 1 atom stereocenters. The number of halogens is 1. The quantitative estimate of drug-likeness (QED) is 0.689. The van der Waals surface area contributed by atoms with Gasteiger partial charge in [-0.3, -0.25) is 4.79 Å². The van der Waals surface area contributed by atoms with E-state index in [2.05, 4.69) is 15.4 Å². The highest BCUT2D eigenvalue weighted by molar-refractivity contribution is 6.01. The van der Waals surface area contributed by atoms with Crippen molar-refractivity contribution in [2.75, 3.05) is 18.0 Å². The number of nitriles is 1. The van der Waals surface area contributed by atoms with E-state index >= 15 is 0 Å². The Labute approximate surface area is 171 Å². The van der Waals surface area contributed by atoms with Crippen molar-refractivity contribution in [3.8, 4) is 23.0 Å². The number of aliphatic hydroxyl groups is 1. The smallest absolute Gasteiger partial charge is 0.255 e.